The summed E-state index contributed by atoms with van der Waals surface area (Å²) in [6.07, 6.45) is 1.61. The second-order valence-electron chi connectivity index (χ2n) is 5.42. The molecule has 0 saturated carbocycles. The van der Waals surface area contributed by atoms with Crippen LogP contribution in [-0.2, 0) is 16.6 Å². The first kappa shape index (κ1) is 16.2. The van der Waals surface area contributed by atoms with Gasteiger partial charge in [-0.05, 0) is 34.1 Å². The van der Waals surface area contributed by atoms with E-state index in [0.29, 0.717) is 17.1 Å². The third-order valence-corrected chi connectivity index (χ3v) is 4.93. The van der Waals surface area contributed by atoms with E-state index >= 15 is 0 Å². The number of aliphatic hydroxyl groups excluding tert-OH is 1. The molecule has 0 aliphatic carbocycles. The van der Waals surface area contributed by atoms with Crippen LogP contribution in [0.2, 0.25) is 0 Å². The molecule has 2 N–H and O–H groups in total. The minimum atomic E-state index is -3.70. The highest BCUT2D eigenvalue weighted by Crippen LogP contribution is 2.28. The van der Waals surface area contributed by atoms with Crippen LogP contribution in [0.3, 0.4) is 0 Å². The number of rotatable bonds is 6. The fourth-order valence-corrected chi connectivity index (χ4v) is 4.22. The average Bonchev–Trinajstić information content (AvgIpc) is 2.51. The van der Waals surface area contributed by atoms with Gasteiger partial charge in [0.05, 0.1) is 6.61 Å². The second kappa shape index (κ2) is 5.64. The van der Waals surface area contributed by atoms with E-state index in [1.807, 2.05) is 20.8 Å². The summed E-state index contributed by atoms with van der Waals surface area (Å²) in [6.45, 7) is 8.57. The third-order valence-electron chi connectivity index (χ3n) is 3.04. The van der Waals surface area contributed by atoms with E-state index < -0.39 is 15.6 Å². The van der Waals surface area contributed by atoms with Crippen molar-refractivity contribution in [3.8, 4) is 0 Å². The van der Waals surface area contributed by atoms with Crippen molar-refractivity contribution >= 4 is 10.0 Å². The molecule has 0 amide bonds. The molecule has 0 aliphatic heterocycles. The van der Waals surface area contributed by atoms with E-state index in [1.54, 1.807) is 13.8 Å². The van der Waals surface area contributed by atoms with Crippen molar-refractivity contribution < 1.29 is 17.9 Å². The first-order valence-corrected chi connectivity index (χ1v) is 7.86. The molecule has 1 rings (SSSR count). The zero-order valence-corrected chi connectivity index (χ0v) is 13.0. The van der Waals surface area contributed by atoms with Gasteiger partial charge in [-0.2, -0.15) is 0 Å². The lowest BCUT2D eigenvalue weighted by Gasteiger charge is -2.25. The van der Waals surface area contributed by atoms with Crippen molar-refractivity contribution in [1.82, 2.24) is 4.72 Å². The normalized spacial score (nSPS) is 12.9. The van der Waals surface area contributed by atoms with Gasteiger partial charge in [-0.25, -0.2) is 13.1 Å². The predicted molar refractivity (Wildman–Crippen MR) is 73.4 cm³/mol. The van der Waals surface area contributed by atoms with Gasteiger partial charge in [0, 0.05) is 11.1 Å². The van der Waals surface area contributed by atoms with Crippen LogP contribution < -0.4 is 4.72 Å². The second-order valence-corrected chi connectivity index (χ2v) is 7.04. The molecule has 6 heteroatoms. The molecular formula is C13H23NO4S. The minimum absolute atomic E-state index is 0.0664. The van der Waals surface area contributed by atoms with E-state index in [4.69, 9.17) is 4.42 Å². The first-order valence-electron chi connectivity index (χ1n) is 6.38. The van der Waals surface area contributed by atoms with Crippen LogP contribution in [0.4, 0.5) is 0 Å². The Labute approximate surface area is 115 Å². The van der Waals surface area contributed by atoms with Gasteiger partial charge in [0.15, 0.2) is 0 Å². The molecule has 0 radical (unpaired) electrons. The maximum Gasteiger partial charge on any atom is 0.244 e. The number of aliphatic hydroxyl groups is 1. The number of nitrogens with one attached hydrogen (secondary N) is 1. The topological polar surface area (TPSA) is 79.5 Å². The summed E-state index contributed by atoms with van der Waals surface area (Å²) in [5.74, 6) is 0.745. The molecule has 0 aliphatic rings. The van der Waals surface area contributed by atoms with E-state index in [9.17, 15) is 13.5 Å². The molecule has 0 atom stereocenters. The van der Waals surface area contributed by atoms with Gasteiger partial charge < -0.3 is 9.52 Å². The Hall–Kier alpha value is -0.850. The molecule has 0 aromatic carbocycles. The SMILES string of the molecule is CCCC(C)(C)NS(=O)(=O)c1c(C)oc(C)c1CO. The molecule has 110 valence electrons. The summed E-state index contributed by atoms with van der Waals surface area (Å²) < 4.78 is 32.9. The lowest BCUT2D eigenvalue weighted by Crippen LogP contribution is -2.43. The zero-order valence-electron chi connectivity index (χ0n) is 12.2. The van der Waals surface area contributed by atoms with Crippen molar-refractivity contribution in [2.45, 2.75) is 64.5 Å². The van der Waals surface area contributed by atoms with E-state index in [2.05, 4.69) is 4.72 Å². The lowest BCUT2D eigenvalue weighted by atomic mass is 10.0. The number of aryl methyl sites for hydroxylation is 2. The summed E-state index contributed by atoms with van der Waals surface area (Å²) in [5.41, 5.74) is -0.199. The van der Waals surface area contributed by atoms with E-state index in [1.165, 1.54) is 0 Å². The number of hydrogen-bond acceptors (Lipinski definition) is 4. The smallest absolute Gasteiger partial charge is 0.244 e. The van der Waals surface area contributed by atoms with Gasteiger partial charge in [0.25, 0.3) is 0 Å². The Balaban J connectivity index is 3.21. The fraction of sp³-hybridized carbons (Fsp3) is 0.692. The van der Waals surface area contributed by atoms with Gasteiger partial charge in [0.1, 0.15) is 16.4 Å². The van der Waals surface area contributed by atoms with E-state index in [-0.39, 0.29) is 11.5 Å². The highest BCUT2D eigenvalue weighted by atomic mass is 32.2. The first-order chi connectivity index (χ1) is 8.64. The number of sulfonamides is 1. The van der Waals surface area contributed by atoms with Crippen LogP contribution in [0, 0.1) is 13.8 Å². The van der Waals surface area contributed by atoms with Crippen molar-refractivity contribution in [3.05, 3.63) is 17.1 Å². The molecule has 0 saturated heterocycles. The molecule has 19 heavy (non-hydrogen) atoms. The predicted octanol–water partition coefficient (Wildman–Crippen LogP) is 2.25. The highest BCUT2D eigenvalue weighted by Gasteiger charge is 2.31. The molecule has 1 aromatic heterocycles. The quantitative estimate of drug-likeness (QED) is 0.841. The number of hydrogen-bond donors (Lipinski definition) is 2. The molecule has 0 bridgehead atoms. The van der Waals surface area contributed by atoms with Gasteiger partial charge in [-0.15, -0.1) is 0 Å². The molecule has 0 unspecified atom stereocenters. The van der Waals surface area contributed by atoms with Crippen LogP contribution in [0.15, 0.2) is 9.31 Å². The van der Waals surface area contributed by atoms with Crippen LogP contribution in [-0.4, -0.2) is 19.1 Å². The highest BCUT2D eigenvalue weighted by molar-refractivity contribution is 7.89. The molecule has 1 heterocycles. The summed E-state index contributed by atoms with van der Waals surface area (Å²) in [4.78, 5) is 0.0664. The van der Waals surface area contributed by atoms with Crippen LogP contribution in [0.1, 0.15) is 50.7 Å². The molecule has 5 nitrogen and oxygen atoms in total. The Bertz CT molecular complexity index is 543. The summed E-state index contributed by atoms with van der Waals surface area (Å²) in [5, 5.41) is 9.33. The number of furan rings is 1. The van der Waals surface area contributed by atoms with Crippen LogP contribution in [0.25, 0.3) is 0 Å². The van der Waals surface area contributed by atoms with Gasteiger partial charge in [-0.1, -0.05) is 13.3 Å². The largest absolute Gasteiger partial charge is 0.465 e. The minimum Gasteiger partial charge on any atom is -0.465 e. The lowest BCUT2D eigenvalue weighted by molar-refractivity contribution is 0.276. The summed E-state index contributed by atoms with van der Waals surface area (Å²) in [7, 11) is -3.70. The van der Waals surface area contributed by atoms with E-state index in [0.717, 1.165) is 12.8 Å². The van der Waals surface area contributed by atoms with Gasteiger partial charge in [0.2, 0.25) is 10.0 Å². The van der Waals surface area contributed by atoms with Gasteiger partial charge in [-0.3, -0.25) is 0 Å². The van der Waals surface area contributed by atoms with Crippen molar-refractivity contribution in [2.24, 2.45) is 0 Å². The van der Waals surface area contributed by atoms with Crippen molar-refractivity contribution in [3.63, 3.8) is 0 Å². The van der Waals surface area contributed by atoms with Gasteiger partial charge >= 0.3 is 0 Å². The standard InChI is InChI=1S/C13H23NO4S/c1-6-7-13(4,5)14-19(16,17)12-10(3)18-9(2)11(12)8-15/h14-15H,6-8H2,1-5H3. The maximum atomic E-state index is 12.5. The third kappa shape index (κ3) is 3.58. The Kier molecular flexibility index (Phi) is 4.81. The maximum absolute atomic E-state index is 12.5. The molecule has 1 aromatic rings. The fourth-order valence-electron chi connectivity index (χ4n) is 2.34. The van der Waals surface area contributed by atoms with Crippen LogP contribution >= 0.6 is 0 Å². The Morgan fingerprint density at radius 3 is 2.32 bits per heavy atom. The van der Waals surface area contributed by atoms with Crippen molar-refractivity contribution in [1.29, 1.82) is 0 Å². The monoisotopic (exact) mass is 289 g/mol. The zero-order chi connectivity index (χ0) is 14.8. The van der Waals surface area contributed by atoms with Crippen molar-refractivity contribution in [2.75, 3.05) is 0 Å². The summed E-state index contributed by atoms with van der Waals surface area (Å²) in [6, 6.07) is 0. The molecule has 0 fully saturated rings. The average molecular weight is 289 g/mol. The summed E-state index contributed by atoms with van der Waals surface area (Å²) >= 11 is 0. The molecule has 0 spiro atoms. The molecular weight excluding hydrogens is 266 g/mol. The van der Waals surface area contributed by atoms with Crippen LogP contribution in [0.5, 0.6) is 0 Å². The Morgan fingerprint density at radius 1 is 1.26 bits per heavy atom. The Morgan fingerprint density at radius 2 is 1.84 bits per heavy atom.